The third-order valence-corrected chi connectivity index (χ3v) is 4.15. The van der Waals surface area contributed by atoms with Crippen LogP contribution in [-0.2, 0) is 11.2 Å². The summed E-state index contributed by atoms with van der Waals surface area (Å²) in [5.74, 6) is -0.837. The SMILES string of the molecule is O=C(O)CC1CCCN1C(=O)N1CCc2ccccc21. The summed E-state index contributed by atoms with van der Waals surface area (Å²) in [6.07, 6.45) is 2.59. The maximum absolute atomic E-state index is 12.7. The summed E-state index contributed by atoms with van der Waals surface area (Å²) in [6.45, 7) is 1.35. The molecule has 0 aliphatic carbocycles. The van der Waals surface area contributed by atoms with Crippen LogP contribution < -0.4 is 4.90 Å². The van der Waals surface area contributed by atoms with E-state index >= 15 is 0 Å². The molecule has 1 aromatic carbocycles. The summed E-state index contributed by atoms with van der Waals surface area (Å²) < 4.78 is 0. The van der Waals surface area contributed by atoms with Crippen LogP contribution in [0.2, 0.25) is 0 Å². The number of para-hydroxylation sites is 1. The first-order chi connectivity index (χ1) is 9.66. The largest absolute Gasteiger partial charge is 0.481 e. The van der Waals surface area contributed by atoms with Gasteiger partial charge in [-0.2, -0.15) is 0 Å². The zero-order valence-electron chi connectivity index (χ0n) is 11.3. The first-order valence-electron chi connectivity index (χ1n) is 7.04. The molecule has 5 nitrogen and oxygen atoms in total. The van der Waals surface area contributed by atoms with Crippen LogP contribution in [0.1, 0.15) is 24.8 Å². The lowest BCUT2D eigenvalue weighted by atomic mass is 10.1. The maximum Gasteiger partial charge on any atom is 0.324 e. The number of carbonyl (C=O) groups is 2. The fourth-order valence-electron chi connectivity index (χ4n) is 3.19. The molecule has 0 aromatic heterocycles. The minimum absolute atomic E-state index is 0.0429. The van der Waals surface area contributed by atoms with Crippen LogP contribution in [0.5, 0.6) is 0 Å². The van der Waals surface area contributed by atoms with E-state index in [1.165, 1.54) is 5.56 Å². The van der Waals surface area contributed by atoms with Crippen molar-refractivity contribution < 1.29 is 14.7 Å². The van der Waals surface area contributed by atoms with E-state index in [9.17, 15) is 9.59 Å². The zero-order valence-corrected chi connectivity index (χ0v) is 11.3. The molecule has 0 saturated carbocycles. The maximum atomic E-state index is 12.7. The number of aliphatic carboxylic acids is 1. The predicted molar refractivity (Wildman–Crippen MR) is 74.9 cm³/mol. The van der Waals surface area contributed by atoms with Gasteiger partial charge in [0, 0.05) is 24.8 Å². The summed E-state index contributed by atoms with van der Waals surface area (Å²) >= 11 is 0. The van der Waals surface area contributed by atoms with E-state index in [1.54, 1.807) is 9.80 Å². The normalized spacial score (nSPS) is 21.1. The third kappa shape index (κ3) is 2.24. The first-order valence-corrected chi connectivity index (χ1v) is 7.04. The van der Waals surface area contributed by atoms with Crippen LogP contribution in [0.15, 0.2) is 24.3 Å². The molecule has 2 heterocycles. The number of carboxylic acid groups (broad SMARTS) is 1. The van der Waals surface area contributed by atoms with Gasteiger partial charge in [0.15, 0.2) is 0 Å². The highest BCUT2D eigenvalue weighted by Crippen LogP contribution is 2.30. The van der Waals surface area contributed by atoms with Crippen molar-refractivity contribution in [3.8, 4) is 0 Å². The average molecular weight is 274 g/mol. The molecule has 2 aliphatic rings. The Morgan fingerprint density at radius 1 is 1.25 bits per heavy atom. The molecule has 2 amide bonds. The number of rotatable bonds is 2. The quantitative estimate of drug-likeness (QED) is 0.898. The van der Waals surface area contributed by atoms with Crippen molar-refractivity contribution in [1.82, 2.24) is 4.90 Å². The highest BCUT2D eigenvalue weighted by atomic mass is 16.4. The van der Waals surface area contributed by atoms with Crippen molar-refractivity contribution >= 4 is 17.7 Å². The van der Waals surface area contributed by atoms with Crippen LogP contribution >= 0.6 is 0 Å². The van der Waals surface area contributed by atoms with Crippen molar-refractivity contribution in [2.24, 2.45) is 0 Å². The molecule has 1 fully saturated rings. The van der Waals surface area contributed by atoms with Gasteiger partial charge in [0.2, 0.25) is 0 Å². The van der Waals surface area contributed by atoms with Crippen LogP contribution in [0, 0.1) is 0 Å². The average Bonchev–Trinajstić information content (AvgIpc) is 3.03. The Morgan fingerprint density at radius 3 is 2.85 bits per heavy atom. The molecule has 106 valence electrons. The van der Waals surface area contributed by atoms with Gasteiger partial charge in [-0.15, -0.1) is 0 Å². The van der Waals surface area contributed by atoms with E-state index in [4.69, 9.17) is 5.11 Å². The number of anilines is 1. The summed E-state index contributed by atoms with van der Waals surface area (Å²) in [5, 5.41) is 8.94. The predicted octanol–water partition coefficient (Wildman–Crippen LogP) is 2.11. The smallest absolute Gasteiger partial charge is 0.324 e. The van der Waals surface area contributed by atoms with Crippen molar-refractivity contribution in [1.29, 1.82) is 0 Å². The van der Waals surface area contributed by atoms with Crippen molar-refractivity contribution in [2.75, 3.05) is 18.0 Å². The van der Waals surface area contributed by atoms with E-state index in [0.717, 1.165) is 24.9 Å². The van der Waals surface area contributed by atoms with Crippen molar-refractivity contribution in [2.45, 2.75) is 31.7 Å². The monoisotopic (exact) mass is 274 g/mol. The molecule has 1 N–H and O–H groups in total. The number of likely N-dealkylation sites (tertiary alicyclic amines) is 1. The number of carbonyl (C=O) groups excluding carboxylic acids is 1. The molecule has 20 heavy (non-hydrogen) atoms. The number of hydrogen-bond acceptors (Lipinski definition) is 2. The molecule has 1 saturated heterocycles. The molecular formula is C15H18N2O3. The highest BCUT2D eigenvalue weighted by molar-refractivity contribution is 5.94. The molecule has 1 unspecified atom stereocenters. The second-order valence-corrected chi connectivity index (χ2v) is 5.40. The Morgan fingerprint density at radius 2 is 2.05 bits per heavy atom. The third-order valence-electron chi connectivity index (χ3n) is 4.15. The molecule has 0 radical (unpaired) electrons. The fraction of sp³-hybridized carbons (Fsp3) is 0.467. The van der Waals surface area contributed by atoms with Crippen LogP contribution in [0.3, 0.4) is 0 Å². The topological polar surface area (TPSA) is 60.9 Å². The van der Waals surface area contributed by atoms with Crippen molar-refractivity contribution in [3.05, 3.63) is 29.8 Å². The Kier molecular flexibility index (Phi) is 3.34. The number of amides is 2. The van der Waals surface area contributed by atoms with Crippen LogP contribution in [0.25, 0.3) is 0 Å². The first kappa shape index (κ1) is 13.0. The lowest BCUT2D eigenvalue weighted by molar-refractivity contribution is -0.137. The lowest BCUT2D eigenvalue weighted by Gasteiger charge is -2.29. The fourth-order valence-corrected chi connectivity index (χ4v) is 3.19. The van der Waals surface area contributed by atoms with Gasteiger partial charge in [0.05, 0.1) is 6.42 Å². The second-order valence-electron chi connectivity index (χ2n) is 5.40. The second kappa shape index (κ2) is 5.15. The molecule has 1 atom stereocenters. The Labute approximate surface area is 117 Å². The molecule has 3 rings (SSSR count). The number of fused-ring (bicyclic) bond motifs is 1. The molecule has 0 spiro atoms. The molecule has 5 heteroatoms. The zero-order chi connectivity index (χ0) is 14.1. The molecule has 1 aromatic rings. The van der Waals surface area contributed by atoms with Gasteiger partial charge in [0.25, 0.3) is 0 Å². The summed E-state index contributed by atoms with van der Waals surface area (Å²) in [7, 11) is 0. The molecule has 0 bridgehead atoms. The minimum Gasteiger partial charge on any atom is -0.481 e. The highest BCUT2D eigenvalue weighted by Gasteiger charge is 2.35. The number of urea groups is 1. The Bertz CT molecular complexity index is 544. The number of carboxylic acids is 1. The summed E-state index contributed by atoms with van der Waals surface area (Å²) in [5.41, 5.74) is 2.16. The number of hydrogen-bond donors (Lipinski definition) is 1. The molecule has 2 aliphatic heterocycles. The Balaban J connectivity index is 1.78. The van der Waals surface area contributed by atoms with Gasteiger partial charge in [-0.1, -0.05) is 18.2 Å². The Hall–Kier alpha value is -2.04. The number of nitrogens with zero attached hydrogens (tertiary/aromatic N) is 2. The summed E-state index contributed by atoms with van der Waals surface area (Å²) in [4.78, 5) is 27.1. The lowest BCUT2D eigenvalue weighted by Crippen LogP contribution is -2.45. The summed E-state index contributed by atoms with van der Waals surface area (Å²) in [6, 6.07) is 7.72. The standard InChI is InChI=1S/C15H18N2O3/c18-14(19)10-12-5-3-8-16(12)15(20)17-9-7-11-4-1-2-6-13(11)17/h1-2,4,6,12H,3,5,7-10H2,(H,18,19). The van der Waals surface area contributed by atoms with Crippen LogP contribution in [-0.4, -0.2) is 41.1 Å². The minimum atomic E-state index is -0.837. The van der Waals surface area contributed by atoms with Gasteiger partial charge in [-0.3, -0.25) is 9.69 Å². The van der Waals surface area contributed by atoms with E-state index in [-0.39, 0.29) is 18.5 Å². The van der Waals surface area contributed by atoms with Gasteiger partial charge in [-0.25, -0.2) is 4.79 Å². The van der Waals surface area contributed by atoms with E-state index in [1.807, 2.05) is 24.3 Å². The van der Waals surface area contributed by atoms with Crippen LogP contribution in [0.4, 0.5) is 10.5 Å². The van der Waals surface area contributed by atoms with Gasteiger partial charge < -0.3 is 10.0 Å². The van der Waals surface area contributed by atoms with E-state index in [2.05, 4.69) is 0 Å². The van der Waals surface area contributed by atoms with Gasteiger partial charge >= 0.3 is 12.0 Å². The van der Waals surface area contributed by atoms with Gasteiger partial charge in [-0.05, 0) is 30.9 Å². The van der Waals surface area contributed by atoms with Gasteiger partial charge in [0.1, 0.15) is 0 Å². The number of benzene rings is 1. The van der Waals surface area contributed by atoms with E-state index in [0.29, 0.717) is 13.1 Å². The van der Waals surface area contributed by atoms with Crippen molar-refractivity contribution in [3.63, 3.8) is 0 Å². The van der Waals surface area contributed by atoms with E-state index < -0.39 is 5.97 Å². The molecular weight excluding hydrogens is 256 g/mol.